The van der Waals surface area contributed by atoms with Gasteiger partial charge in [0.1, 0.15) is 5.82 Å². The number of aliphatic hydroxyl groups is 2. The van der Waals surface area contributed by atoms with E-state index in [1.54, 1.807) is 0 Å². The largest absolute Gasteiger partial charge is 0.391 e. The molecule has 24 heavy (non-hydrogen) atoms. The Morgan fingerprint density at radius 3 is 2.71 bits per heavy atom. The molecule has 1 aromatic heterocycles. The highest BCUT2D eigenvalue weighted by Gasteiger charge is 2.27. The lowest BCUT2D eigenvalue weighted by atomic mass is 10.0. The highest BCUT2D eigenvalue weighted by atomic mass is 16.3. The Kier molecular flexibility index (Phi) is 4.16. The van der Waals surface area contributed by atoms with Crippen molar-refractivity contribution in [3.8, 4) is 0 Å². The van der Waals surface area contributed by atoms with Gasteiger partial charge in [0.25, 0.3) is 0 Å². The quantitative estimate of drug-likeness (QED) is 0.898. The van der Waals surface area contributed by atoms with Gasteiger partial charge in [0.05, 0.1) is 17.7 Å². The molecule has 2 aliphatic rings. The molecule has 0 spiro atoms. The summed E-state index contributed by atoms with van der Waals surface area (Å²) in [6.45, 7) is 5.95. The van der Waals surface area contributed by atoms with E-state index in [-0.39, 0.29) is 12.2 Å². The SMILES string of the molecule is Cc1ccc2nc(N3CCC[C@H](O)C3)c(CN3CC(O)C3)cc2c1. The summed E-state index contributed by atoms with van der Waals surface area (Å²) in [6, 6.07) is 8.57. The number of aryl methyl sites for hydroxylation is 1. The number of hydrogen-bond donors (Lipinski definition) is 2. The lowest BCUT2D eigenvalue weighted by Gasteiger charge is -2.38. The second-order valence-corrected chi connectivity index (χ2v) is 7.26. The number of rotatable bonds is 3. The van der Waals surface area contributed by atoms with Gasteiger partial charge in [0.15, 0.2) is 0 Å². The van der Waals surface area contributed by atoms with E-state index < -0.39 is 0 Å². The number of pyridine rings is 1. The molecule has 0 radical (unpaired) electrons. The summed E-state index contributed by atoms with van der Waals surface area (Å²) >= 11 is 0. The summed E-state index contributed by atoms with van der Waals surface area (Å²) in [5, 5.41) is 20.8. The van der Waals surface area contributed by atoms with Crippen LogP contribution in [0.5, 0.6) is 0 Å². The number of benzene rings is 1. The normalized spacial score (nSPS) is 22.8. The second-order valence-electron chi connectivity index (χ2n) is 7.26. The topological polar surface area (TPSA) is 59.8 Å². The number of aliphatic hydroxyl groups excluding tert-OH is 2. The highest BCUT2D eigenvalue weighted by Crippen LogP contribution is 2.29. The van der Waals surface area contributed by atoms with Crippen molar-refractivity contribution >= 4 is 16.7 Å². The number of hydrogen-bond acceptors (Lipinski definition) is 5. The Labute approximate surface area is 142 Å². The molecule has 1 aromatic carbocycles. The molecule has 0 bridgehead atoms. The molecular weight excluding hydrogens is 302 g/mol. The van der Waals surface area contributed by atoms with E-state index in [4.69, 9.17) is 4.98 Å². The van der Waals surface area contributed by atoms with Crippen LogP contribution in [0, 0.1) is 6.92 Å². The van der Waals surface area contributed by atoms with Crippen LogP contribution in [0.1, 0.15) is 24.0 Å². The smallest absolute Gasteiger partial charge is 0.133 e. The van der Waals surface area contributed by atoms with E-state index in [1.165, 1.54) is 11.1 Å². The average molecular weight is 327 g/mol. The van der Waals surface area contributed by atoms with Gasteiger partial charge in [-0.1, -0.05) is 11.6 Å². The maximum atomic E-state index is 10.0. The van der Waals surface area contributed by atoms with E-state index in [2.05, 4.69) is 41.0 Å². The first-order chi connectivity index (χ1) is 11.6. The van der Waals surface area contributed by atoms with Crippen LogP contribution in [0.3, 0.4) is 0 Å². The predicted molar refractivity (Wildman–Crippen MR) is 95.2 cm³/mol. The maximum absolute atomic E-state index is 10.0. The molecule has 2 N–H and O–H groups in total. The van der Waals surface area contributed by atoms with Crippen molar-refractivity contribution in [2.45, 2.75) is 38.5 Å². The van der Waals surface area contributed by atoms with E-state index in [0.29, 0.717) is 6.54 Å². The van der Waals surface area contributed by atoms with E-state index in [0.717, 1.165) is 55.7 Å². The number of likely N-dealkylation sites (tertiary alicyclic amines) is 1. The first-order valence-corrected chi connectivity index (χ1v) is 8.82. The zero-order valence-electron chi connectivity index (χ0n) is 14.1. The summed E-state index contributed by atoms with van der Waals surface area (Å²) < 4.78 is 0. The lowest BCUT2D eigenvalue weighted by Crippen LogP contribution is -2.50. The first-order valence-electron chi connectivity index (χ1n) is 8.82. The van der Waals surface area contributed by atoms with Gasteiger partial charge < -0.3 is 15.1 Å². The monoisotopic (exact) mass is 327 g/mol. The fourth-order valence-corrected chi connectivity index (χ4v) is 3.78. The number of anilines is 1. The second kappa shape index (κ2) is 6.31. The van der Waals surface area contributed by atoms with Crippen LogP contribution in [0.25, 0.3) is 10.9 Å². The molecule has 0 unspecified atom stereocenters. The Balaban J connectivity index is 1.72. The van der Waals surface area contributed by atoms with Gasteiger partial charge in [0, 0.05) is 43.7 Å². The fraction of sp³-hybridized carbons (Fsp3) is 0.526. The minimum Gasteiger partial charge on any atom is -0.391 e. The van der Waals surface area contributed by atoms with Crippen molar-refractivity contribution < 1.29 is 10.2 Å². The van der Waals surface area contributed by atoms with Crippen LogP contribution in [-0.4, -0.2) is 58.5 Å². The number of piperidine rings is 1. The Bertz CT molecular complexity index is 743. The zero-order chi connectivity index (χ0) is 16.7. The van der Waals surface area contributed by atoms with E-state index in [1.807, 2.05) is 0 Å². The van der Waals surface area contributed by atoms with Crippen LogP contribution >= 0.6 is 0 Å². The molecule has 3 heterocycles. The molecule has 0 saturated carbocycles. The number of aromatic nitrogens is 1. The number of nitrogens with zero attached hydrogens (tertiary/aromatic N) is 3. The molecule has 2 saturated heterocycles. The Morgan fingerprint density at radius 1 is 1.12 bits per heavy atom. The summed E-state index contributed by atoms with van der Waals surface area (Å²) in [7, 11) is 0. The van der Waals surface area contributed by atoms with Crippen molar-refractivity contribution in [1.29, 1.82) is 0 Å². The van der Waals surface area contributed by atoms with E-state index in [9.17, 15) is 10.2 Å². The molecule has 2 aliphatic heterocycles. The average Bonchev–Trinajstić information content (AvgIpc) is 2.52. The predicted octanol–water partition coefficient (Wildman–Crippen LogP) is 1.68. The minimum atomic E-state index is -0.270. The summed E-state index contributed by atoms with van der Waals surface area (Å²) in [4.78, 5) is 9.39. The van der Waals surface area contributed by atoms with Crippen LogP contribution in [0.2, 0.25) is 0 Å². The van der Waals surface area contributed by atoms with Crippen molar-refractivity contribution in [1.82, 2.24) is 9.88 Å². The number of fused-ring (bicyclic) bond motifs is 1. The number of β-amino-alcohol motifs (C(OH)–C–C–N with tert-alkyl or cyclic N) is 2. The lowest BCUT2D eigenvalue weighted by molar-refractivity contribution is -0.00283. The highest BCUT2D eigenvalue weighted by molar-refractivity contribution is 5.82. The van der Waals surface area contributed by atoms with Crippen LogP contribution in [0.4, 0.5) is 5.82 Å². The van der Waals surface area contributed by atoms with E-state index >= 15 is 0 Å². The third kappa shape index (κ3) is 3.11. The van der Waals surface area contributed by atoms with Crippen molar-refractivity contribution in [3.63, 3.8) is 0 Å². The third-order valence-corrected chi connectivity index (χ3v) is 5.05. The Hall–Kier alpha value is -1.69. The third-order valence-electron chi connectivity index (χ3n) is 5.05. The van der Waals surface area contributed by atoms with Crippen LogP contribution < -0.4 is 4.90 Å². The molecule has 0 amide bonds. The molecular formula is C19H25N3O2. The molecule has 4 rings (SSSR count). The first kappa shape index (κ1) is 15.8. The molecule has 2 fully saturated rings. The van der Waals surface area contributed by atoms with Gasteiger partial charge in [-0.05, 0) is 38.0 Å². The summed E-state index contributed by atoms with van der Waals surface area (Å²) in [6.07, 6.45) is 1.40. The Morgan fingerprint density at radius 2 is 1.96 bits per heavy atom. The van der Waals surface area contributed by atoms with Gasteiger partial charge >= 0.3 is 0 Å². The molecule has 1 atom stereocenters. The van der Waals surface area contributed by atoms with Gasteiger partial charge in [0.2, 0.25) is 0 Å². The summed E-state index contributed by atoms with van der Waals surface area (Å²) in [5.74, 6) is 0.992. The fourth-order valence-electron chi connectivity index (χ4n) is 3.78. The van der Waals surface area contributed by atoms with Crippen molar-refractivity contribution in [3.05, 3.63) is 35.4 Å². The van der Waals surface area contributed by atoms with Gasteiger partial charge in [-0.3, -0.25) is 4.90 Å². The molecule has 5 nitrogen and oxygen atoms in total. The molecule has 0 aliphatic carbocycles. The van der Waals surface area contributed by atoms with Crippen LogP contribution in [0.15, 0.2) is 24.3 Å². The standard InChI is InChI=1S/C19H25N3O2/c1-13-4-5-18-14(7-13)8-15(9-21-10-17(24)11-21)19(20-18)22-6-2-3-16(23)12-22/h4-5,7-8,16-17,23-24H,2-3,6,9-12H2,1H3/t16-/m0/s1. The molecule has 2 aromatic rings. The minimum absolute atomic E-state index is 0.194. The summed E-state index contributed by atoms with van der Waals surface area (Å²) in [5.41, 5.74) is 3.42. The maximum Gasteiger partial charge on any atom is 0.133 e. The van der Waals surface area contributed by atoms with Gasteiger partial charge in [-0.2, -0.15) is 0 Å². The molecule has 128 valence electrons. The van der Waals surface area contributed by atoms with Gasteiger partial charge in [-0.15, -0.1) is 0 Å². The zero-order valence-corrected chi connectivity index (χ0v) is 14.1. The van der Waals surface area contributed by atoms with Crippen molar-refractivity contribution in [2.75, 3.05) is 31.1 Å². The van der Waals surface area contributed by atoms with Crippen molar-refractivity contribution in [2.24, 2.45) is 0 Å². The van der Waals surface area contributed by atoms with Crippen LogP contribution in [-0.2, 0) is 6.54 Å². The van der Waals surface area contributed by atoms with Gasteiger partial charge in [-0.25, -0.2) is 4.98 Å². The molecule has 5 heteroatoms.